The Labute approximate surface area is 160 Å². The van der Waals surface area contributed by atoms with E-state index in [-0.39, 0.29) is 0 Å². The molecular formula is C20H28N4O3. The van der Waals surface area contributed by atoms with Crippen LogP contribution in [0.2, 0.25) is 0 Å². The first-order valence-corrected chi connectivity index (χ1v) is 9.05. The highest BCUT2D eigenvalue weighted by molar-refractivity contribution is 5.93. The molecule has 0 aliphatic carbocycles. The van der Waals surface area contributed by atoms with E-state index >= 15 is 0 Å². The standard InChI is InChI=1S/C20H28N4O3/c1-5-11-27-19-10-7-15(13-22-19)14-23-20(21-6-2)24-16-8-9-17(25-3)18(12-16)26-4/h7-10,12-13H,5-6,11,14H2,1-4H3,(H2,21,23,24). The van der Waals surface area contributed by atoms with E-state index in [9.17, 15) is 0 Å². The zero-order chi connectivity index (χ0) is 19.5. The molecule has 146 valence electrons. The second-order valence-electron chi connectivity index (χ2n) is 5.74. The van der Waals surface area contributed by atoms with E-state index in [2.05, 4.69) is 27.5 Å². The van der Waals surface area contributed by atoms with Crippen LogP contribution in [0.3, 0.4) is 0 Å². The van der Waals surface area contributed by atoms with E-state index in [1.165, 1.54) is 0 Å². The van der Waals surface area contributed by atoms with Gasteiger partial charge in [0.1, 0.15) is 0 Å². The molecule has 0 amide bonds. The maximum absolute atomic E-state index is 5.50. The highest BCUT2D eigenvalue weighted by Crippen LogP contribution is 2.29. The largest absolute Gasteiger partial charge is 0.493 e. The van der Waals surface area contributed by atoms with Crippen LogP contribution >= 0.6 is 0 Å². The average molecular weight is 372 g/mol. The summed E-state index contributed by atoms with van der Waals surface area (Å²) in [6, 6.07) is 9.48. The Bertz CT molecular complexity index is 733. The number of guanidine groups is 1. The second kappa shape index (κ2) is 10.9. The number of pyridine rings is 1. The maximum atomic E-state index is 5.50. The number of methoxy groups -OCH3 is 2. The van der Waals surface area contributed by atoms with Gasteiger partial charge in [-0.05, 0) is 31.0 Å². The van der Waals surface area contributed by atoms with Crippen molar-refractivity contribution in [2.75, 3.05) is 32.7 Å². The number of rotatable bonds is 9. The molecule has 0 fully saturated rings. The third-order valence-corrected chi connectivity index (χ3v) is 3.66. The van der Waals surface area contributed by atoms with E-state index in [1.54, 1.807) is 20.4 Å². The Hall–Kier alpha value is -2.96. The van der Waals surface area contributed by atoms with E-state index in [1.807, 2.05) is 37.3 Å². The summed E-state index contributed by atoms with van der Waals surface area (Å²) in [7, 11) is 3.23. The third-order valence-electron chi connectivity index (χ3n) is 3.66. The predicted molar refractivity (Wildman–Crippen MR) is 108 cm³/mol. The molecule has 1 heterocycles. The summed E-state index contributed by atoms with van der Waals surface area (Å²) >= 11 is 0. The van der Waals surface area contributed by atoms with Crippen molar-refractivity contribution in [3.8, 4) is 17.4 Å². The molecule has 0 bridgehead atoms. The summed E-state index contributed by atoms with van der Waals surface area (Å²) in [5, 5.41) is 6.50. The van der Waals surface area contributed by atoms with Crippen molar-refractivity contribution in [2.45, 2.75) is 26.8 Å². The van der Waals surface area contributed by atoms with Crippen molar-refractivity contribution >= 4 is 11.6 Å². The number of nitrogens with one attached hydrogen (secondary N) is 2. The second-order valence-corrected chi connectivity index (χ2v) is 5.74. The van der Waals surface area contributed by atoms with Crippen LogP contribution in [0.25, 0.3) is 0 Å². The van der Waals surface area contributed by atoms with E-state index in [0.717, 1.165) is 24.2 Å². The molecule has 0 atom stereocenters. The van der Waals surface area contributed by atoms with Gasteiger partial charge in [0.15, 0.2) is 17.5 Å². The van der Waals surface area contributed by atoms with Crippen molar-refractivity contribution in [3.63, 3.8) is 0 Å². The number of aromatic nitrogens is 1. The van der Waals surface area contributed by atoms with Crippen molar-refractivity contribution < 1.29 is 14.2 Å². The van der Waals surface area contributed by atoms with Crippen molar-refractivity contribution in [1.29, 1.82) is 0 Å². The lowest BCUT2D eigenvalue weighted by atomic mass is 10.2. The van der Waals surface area contributed by atoms with Crippen molar-refractivity contribution in [3.05, 3.63) is 42.1 Å². The topological polar surface area (TPSA) is 77.0 Å². The van der Waals surface area contributed by atoms with E-state index < -0.39 is 0 Å². The Kier molecular flexibility index (Phi) is 8.22. The summed E-state index contributed by atoms with van der Waals surface area (Å²) in [4.78, 5) is 8.91. The molecule has 2 rings (SSSR count). The Morgan fingerprint density at radius 3 is 2.52 bits per heavy atom. The number of hydrogen-bond donors (Lipinski definition) is 2. The maximum Gasteiger partial charge on any atom is 0.213 e. The zero-order valence-electron chi connectivity index (χ0n) is 16.4. The highest BCUT2D eigenvalue weighted by Gasteiger charge is 2.06. The first-order valence-electron chi connectivity index (χ1n) is 9.05. The molecule has 1 aromatic carbocycles. The molecule has 0 aliphatic heterocycles. The molecule has 0 radical (unpaired) electrons. The summed E-state index contributed by atoms with van der Waals surface area (Å²) in [6.07, 6.45) is 2.75. The number of nitrogens with zero attached hydrogens (tertiary/aromatic N) is 2. The van der Waals surface area contributed by atoms with Crippen molar-refractivity contribution in [1.82, 2.24) is 10.3 Å². The Morgan fingerprint density at radius 2 is 1.89 bits per heavy atom. The predicted octanol–water partition coefficient (Wildman–Crippen LogP) is 3.47. The van der Waals surface area contributed by atoms with Crippen LogP contribution in [0.4, 0.5) is 5.69 Å². The van der Waals surface area contributed by atoms with Gasteiger partial charge in [-0.15, -0.1) is 0 Å². The third kappa shape index (κ3) is 6.36. The van der Waals surface area contributed by atoms with Gasteiger partial charge >= 0.3 is 0 Å². The summed E-state index contributed by atoms with van der Waals surface area (Å²) in [6.45, 7) is 6.01. The van der Waals surface area contributed by atoms with Crippen LogP contribution in [-0.4, -0.2) is 38.3 Å². The Morgan fingerprint density at radius 1 is 1.07 bits per heavy atom. The molecule has 0 saturated heterocycles. The minimum Gasteiger partial charge on any atom is -0.493 e. The SMILES string of the molecule is CCCOc1ccc(CN=C(NCC)Nc2ccc(OC)c(OC)c2)cn1. The van der Waals surface area contributed by atoms with Gasteiger partial charge in [-0.2, -0.15) is 0 Å². The molecule has 0 spiro atoms. The lowest BCUT2D eigenvalue weighted by Gasteiger charge is -2.14. The molecule has 0 aliphatic rings. The fourth-order valence-corrected chi connectivity index (χ4v) is 2.32. The van der Waals surface area contributed by atoms with E-state index in [0.29, 0.717) is 36.5 Å². The lowest BCUT2D eigenvalue weighted by molar-refractivity contribution is 0.305. The highest BCUT2D eigenvalue weighted by atomic mass is 16.5. The minimum absolute atomic E-state index is 0.504. The summed E-state index contributed by atoms with van der Waals surface area (Å²) in [5.74, 6) is 2.66. The van der Waals surface area contributed by atoms with Crippen molar-refractivity contribution in [2.24, 2.45) is 4.99 Å². The molecule has 0 saturated carbocycles. The molecule has 2 aromatic rings. The molecule has 1 aromatic heterocycles. The van der Waals surface area contributed by atoms with Gasteiger partial charge in [-0.3, -0.25) is 0 Å². The van der Waals surface area contributed by atoms with Gasteiger partial charge in [0.25, 0.3) is 0 Å². The van der Waals surface area contributed by atoms with Gasteiger partial charge < -0.3 is 24.8 Å². The molecule has 7 heteroatoms. The Balaban J connectivity index is 2.05. The molecule has 0 unspecified atom stereocenters. The lowest BCUT2D eigenvalue weighted by Crippen LogP contribution is -2.30. The average Bonchev–Trinajstić information content (AvgIpc) is 2.71. The number of ether oxygens (including phenoxy) is 3. The summed E-state index contributed by atoms with van der Waals surface area (Å²) in [5.41, 5.74) is 1.86. The van der Waals surface area contributed by atoms with Gasteiger partial charge in [0.2, 0.25) is 5.88 Å². The fraction of sp³-hybridized carbons (Fsp3) is 0.400. The molecule has 2 N–H and O–H groups in total. The quantitative estimate of drug-likeness (QED) is 0.518. The zero-order valence-corrected chi connectivity index (χ0v) is 16.4. The van der Waals surface area contributed by atoms with Crippen LogP contribution in [0.15, 0.2) is 41.5 Å². The van der Waals surface area contributed by atoms with Gasteiger partial charge in [0, 0.05) is 30.6 Å². The minimum atomic E-state index is 0.504. The molecule has 7 nitrogen and oxygen atoms in total. The number of hydrogen-bond acceptors (Lipinski definition) is 5. The number of benzene rings is 1. The molecular weight excluding hydrogens is 344 g/mol. The van der Waals surface area contributed by atoms with Crippen LogP contribution < -0.4 is 24.8 Å². The van der Waals surface area contributed by atoms with Gasteiger partial charge in [-0.1, -0.05) is 13.0 Å². The van der Waals surface area contributed by atoms with E-state index in [4.69, 9.17) is 14.2 Å². The van der Waals surface area contributed by atoms with Crippen LogP contribution in [0.5, 0.6) is 17.4 Å². The normalized spacial score (nSPS) is 11.0. The summed E-state index contributed by atoms with van der Waals surface area (Å²) < 4.78 is 16.1. The number of aliphatic imine (C=N–C) groups is 1. The smallest absolute Gasteiger partial charge is 0.213 e. The first kappa shape index (κ1) is 20.4. The molecule has 27 heavy (non-hydrogen) atoms. The van der Waals surface area contributed by atoms with Crippen LogP contribution in [-0.2, 0) is 6.54 Å². The van der Waals surface area contributed by atoms with Crippen LogP contribution in [0.1, 0.15) is 25.8 Å². The fourth-order valence-electron chi connectivity index (χ4n) is 2.32. The monoisotopic (exact) mass is 372 g/mol. The van der Waals surface area contributed by atoms with Crippen LogP contribution in [0, 0.1) is 0 Å². The first-order chi connectivity index (χ1) is 13.2. The van der Waals surface area contributed by atoms with Gasteiger partial charge in [0.05, 0.1) is 27.4 Å². The van der Waals surface area contributed by atoms with Gasteiger partial charge in [-0.25, -0.2) is 9.98 Å². The number of anilines is 1.